The third kappa shape index (κ3) is 7.21. The van der Waals surface area contributed by atoms with Gasteiger partial charge in [0.15, 0.2) is 0 Å². The fraction of sp³-hybridized carbons (Fsp3) is 0.350. The van der Waals surface area contributed by atoms with Crippen molar-refractivity contribution in [3.05, 3.63) is 59.7 Å². The van der Waals surface area contributed by atoms with Crippen LogP contribution in [-0.2, 0) is 11.2 Å². The number of ether oxygens (including phenoxy) is 2. The zero-order chi connectivity index (χ0) is 20.0. The van der Waals surface area contributed by atoms with Crippen molar-refractivity contribution in [3.8, 4) is 11.5 Å². The fourth-order valence-corrected chi connectivity index (χ4v) is 2.50. The van der Waals surface area contributed by atoms with Crippen LogP contribution in [0.15, 0.2) is 48.5 Å². The standard InChI is InChI=1S/C20H22F3NO3/c1-13(2)26-18-6-4-5-16(12-18)14(3)24-19(25)11-15-7-9-17(10-8-15)27-20(21,22)23/h4-10,12-14H,11H2,1-3H3,(H,24,25). The molecule has 0 saturated carbocycles. The van der Waals surface area contributed by atoms with Gasteiger partial charge in [-0.15, -0.1) is 13.2 Å². The number of benzene rings is 2. The maximum Gasteiger partial charge on any atom is 0.573 e. The lowest BCUT2D eigenvalue weighted by molar-refractivity contribution is -0.274. The molecule has 0 spiro atoms. The van der Waals surface area contributed by atoms with Crippen LogP contribution in [0.2, 0.25) is 0 Å². The number of hydrogen-bond donors (Lipinski definition) is 1. The smallest absolute Gasteiger partial charge is 0.491 e. The number of hydrogen-bond acceptors (Lipinski definition) is 3. The largest absolute Gasteiger partial charge is 0.573 e. The summed E-state index contributed by atoms with van der Waals surface area (Å²) in [5, 5.41) is 2.87. The highest BCUT2D eigenvalue weighted by molar-refractivity contribution is 5.79. The molecule has 4 nitrogen and oxygen atoms in total. The van der Waals surface area contributed by atoms with Gasteiger partial charge < -0.3 is 14.8 Å². The van der Waals surface area contributed by atoms with Crippen LogP contribution in [0.3, 0.4) is 0 Å². The van der Waals surface area contributed by atoms with E-state index in [4.69, 9.17) is 4.74 Å². The van der Waals surface area contributed by atoms with Crippen molar-refractivity contribution < 1.29 is 27.4 Å². The zero-order valence-electron chi connectivity index (χ0n) is 15.3. The van der Waals surface area contributed by atoms with Crippen molar-refractivity contribution in [1.29, 1.82) is 0 Å². The molecule has 1 atom stereocenters. The first-order chi connectivity index (χ1) is 12.6. The Hall–Kier alpha value is -2.70. The van der Waals surface area contributed by atoms with E-state index in [0.29, 0.717) is 5.56 Å². The topological polar surface area (TPSA) is 47.6 Å². The van der Waals surface area contributed by atoms with Gasteiger partial charge in [0.2, 0.25) is 5.91 Å². The van der Waals surface area contributed by atoms with Crippen molar-refractivity contribution >= 4 is 5.91 Å². The molecule has 2 aromatic rings. The van der Waals surface area contributed by atoms with E-state index >= 15 is 0 Å². The summed E-state index contributed by atoms with van der Waals surface area (Å²) >= 11 is 0. The minimum atomic E-state index is -4.73. The number of nitrogens with one attached hydrogen (secondary N) is 1. The molecule has 0 fully saturated rings. The molecule has 0 aliphatic carbocycles. The van der Waals surface area contributed by atoms with E-state index in [2.05, 4.69) is 10.1 Å². The van der Waals surface area contributed by atoms with Crippen LogP contribution in [0, 0.1) is 0 Å². The predicted octanol–water partition coefficient (Wildman–Crippen LogP) is 4.79. The Morgan fingerprint density at radius 2 is 1.70 bits per heavy atom. The minimum Gasteiger partial charge on any atom is -0.491 e. The summed E-state index contributed by atoms with van der Waals surface area (Å²) in [6.07, 6.45) is -4.63. The Morgan fingerprint density at radius 1 is 1.04 bits per heavy atom. The second-order valence-electron chi connectivity index (χ2n) is 6.40. The first-order valence-corrected chi connectivity index (χ1v) is 8.53. The normalized spacial score (nSPS) is 12.6. The van der Waals surface area contributed by atoms with Gasteiger partial charge in [0, 0.05) is 0 Å². The lowest BCUT2D eigenvalue weighted by Gasteiger charge is -2.17. The van der Waals surface area contributed by atoms with Gasteiger partial charge >= 0.3 is 6.36 Å². The SMILES string of the molecule is CC(C)Oc1cccc(C(C)NC(=O)Cc2ccc(OC(F)(F)F)cc2)c1. The van der Waals surface area contributed by atoms with Crippen LogP contribution in [0.4, 0.5) is 13.2 Å². The van der Waals surface area contributed by atoms with E-state index < -0.39 is 6.36 Å². The molecule has 2 aromatic carbocycles. The monoisotopic (exact) mass is 381 g/mol. The highest BCUT2D eigenvalue weighted by Gasteiger charge is 2.30. The summed E-state index contributed by atoms with van der Waals surface area (Å²) in [4.78, 5) is 12.2. The third-order valence-corrected chi connectivity index (χ3v) is 3.63. The molecule has 1 unspecified atom stereocenters. The van der Waals surface area contributed by atoms with Gasteiger partial charge in [0.1, 0.15) is 11.5 Å². The second-order valence-corrected chi connectivity index (χ2v) is 6.40. The van der Waals surface area contributed by atoms with Crippen LogP contribution in [-0.4, -0.2) is 18.4 Å². The molecule has 1 amide bonds. The van der Waals surface area contributed by atoms with E-state index in [1.54, 1.807) is 0 Å². The van der Waals surface area contributed by atoms with Crippen molar-refractivity contribution in [1.82, 2.24) is 5.32 Å². The number of amides is 1. The first-order valence-electron chi connectivity index (χ1n) is 8.53. The average molecular weight is 381 g/mol. The van der Waals surface area contributed by atoms with Crippen molar-refractivity contribution in [3.63, 3.8) is 0 Å². The molecule has 0 heterocycles. The van der Waals surface area contributed by atoms with E-state index in [-0.39, 0.29) is 30.2 Å². The predicted molar refractivity (Wildman–Crippen MR) is 95.6 cm³/mol. The maximum atomic E-state index is 12.2. The number of carbonyl (C=O) groups excluding carboxylic acids is 1. The van der Waals surface area contributed by atoms with Crippen molar-refractivity contribution in [2.75, 3.05) is 0 Å². The van der Waals surface area contributed by atoms with E-state index in [0.717, 1.165) is 11.3 Å². The average Bonchev–Trinajstić information content (AvgIpc) is 2.55. The van der Waals surface area contributed by atoms with Crippen LogP contribution >= 0.6 is 0 Å². The zero-order valence-corrected chi connectivity index (χ0v) is 15.3. The Bertz CT molecular complexity index is 758. The summed E-state index contributed by atoms with van der Waals surface area (Å²) in [5.74, 6) is 0.174. The molecule has 146 valence electrons. The summed E-state index contributed by atoms with van der Waals surface area (Å²) in [6, 6.07) is 12.5. The van der Waals surface area contributed by atoms with Gasteiger partial charge in [-0.25, -0.2) is 0 Å². The van der Waals surface area contributed by atoms with Crippen LogP contribution < -0.4 is 14.8 Å². The molecule has 27 heavy (non-hydrogen) atoms. The van der Waals surface area contributed by atoms with Gasteiger partial charge in [-0.2, -0.15) is 0 Å². The van der Waals surface area contributed by atoms with Gasteiger partial charge in [-0.1, -0.05) is 24.3 Å². The highest BCUT2D eigenvalue weighted by atomic mass is 19.4. The van der Waals surface area contributed by atoms with Crippen molar-refractivity contribution in [2.24, 2.45) is 0 Å². The summed E-state index contributed by atoms with van der Waals surface area (Å²) in [6.45, 7) is 5.72. The van der Waals surface area contributed by atoms with Gasteiger partial charge in [0.05, 0.1) is 18.6 Å². The molecule has 7 heteroatoms. The summed E-state index contributed by atoms with van der Waals surface area (Å²) < 4.78 is 45.9. The van der Waals surface area contributed by atoms with E-state index in [1.165, 1.54) is 24.3 Å². The Kier molecular flexibility index (Phi) is 6.71. The Morgan fingerprint density at radius 3 is 2.30 bits per heavy atom. The second kappa shape index (κ2) is 8.79. The number of alkyl halides is 3. The molecule has 2 rings (SSSR count). The first kappa shape index (κ1) is 20.6. The molecule has 0 radical (unpaired) electrons. The molecule has 1 N–H and O–H groups in total. The van der Waals surface area contributed by atoms with Crippen LogP contribution in [0.5, 0.6) is 11.5 Å². The molecular formula is C20H22F3NO3. The molecular weight excluding hydrogens is 359 g/mol. The van der Waals surface area contributed by atoms with Gasteiger partial charge in [-0.3, -0.25) is 4.79 Å². The molecule has 0 aliphatic rings. The Balaban J connectivity index is 1.93. The number of carbonyl (C=O) groups is 1. The molecule has 0 aromatic heterocycles. The Labute approximate surface area is 156 Å². The quantitative estimate of drug-likeness (QED) is 0.750. The highest BCUT2D eigenvalue weighted by Crippen LogP contribution is 2.23. The summed E-state index contributed by atoms with van der Waals surface area (Å²) in [7, 11) is 0. The lowest BCUT2D eigenvalue weighted by Crippen LogP contribution is -2.28. The number of halogens is 3. The summed E-state index contributed by atoms with van der Waals surface area (Å²) in [5.41, 5.74) is 1.49. The van der Waals surface area contributed by atoms with Crippen LogP contribution in [0.25, 0.3) is 0 Å². The third-order valence-electron chi connectivity index (χ3n) is 3.63. The molecule has 0 saturated heterocycles. The van der Waals surface area contributed by atoms with E-state index in [1.807, 2.05) is 45.0 Å². The molecule has 0 aliphatic heterocycles. The van der Waals surface area contributed by atoms with Gasteiger partial charge in [-0.05, 0) is 56.2 Å². The number of rotatable bonds is 7. The van der Waals surface area contributed by atoms with Crippen molar-refractivity contribution in [2.45, 2.75) is 45.7 Å². The molecule has 0 bridgehead atoms. The van der Waals surface area contributed by atoms with Crippen LogP contribution in [0.1, 0.15) is 37.9 Å². The minimum absolute atomic E-state index is 0.0504. The van der Waals surface area contributed by atoms with E-state index in [9.17, 15) is 18.0 Å². The van der Waals surface area contributed by atoms with Gasteiger partial charge in [0.25, 0.3) is 0 Å². The lowest BCUT2D eigenvalue weighted by atomic mass is 10.1. The fourth-order valence-electron chi connectivity index (χ4n) is 2.50. The maximum absolute atomic E-state index is 12.2.